The minimum Gasteiger partial charge on any atom is -0.490 e. The van der Waals surface area contributed by atoms with E-state index in [1.165, 1.54) is 18.9 Å². The molecule has 0 aromatic heterocycles. The molecule has 2 N–H and O–H groups in total. The Morgan fingerprint density at radius 2 is 1.95 bits per heavy atom. The predicted octanol–water partition coefficient (Wildman–Crippen LogP) is 4.10. The SMILES string of the molecule is Cc1cc(OCC2(N)CCCCCC2)c(Br)cc1[N+](=O)[O-]. The summed E-state index contributed by atoms with van der Waals surface area (Å²) >= 11 is 3.34. The molecule has 1 aromatic rings. The van der Waals surface area contributed by atoms with Gasteiger partial charge in [-0.2, -0.15) is 0 Å². The Hall–Kier alpha value is -1.14. The van der Waals surface area contributed by atoms with Crippen LogP contribution in [0.3, 0.4) is 0 Å². The maximum Gasteiger partial charge on any atom is 0.273 e. The summed E-state index contributed by atoms with van der Waals surface area (Å²) in [4.78, 5) is 10.5. The largest absolute Gasteiger partial charge is 0.490 e. The van der Waals surface area contributed by atoms with Crippen LogP contribution in [0.2, 0.25) is 0 Å². The summed E-state index contributed by atoms with van der Waals surface area (Å²) in [5.74, 6) is 0.618. The molecule has 6 heteroatoms. The van der Waals surface area contributed by atoms with Gasteiger partial charge in [-0.15, -0.1) is 0 Å². The van der Waals surface area contributed by atoms with E-state index in [4.69, 9.17) is 10.5 Å². The lowest BCUT2D eigenvalue weighted by molar-refractivity contribution is -0.385. The molecular formula is C15H21BrN2O3. The van der Waals surface area contributed by atoms with Crippen LogP contribution < -0.4 is 10.5 Å². The maximum absolute atomic E-state index is 10.9. The van der Waals surface area contributed by atoms with Gasteiger partial charge in [0, 0.05) is 11.6 Å². The standard InChI is InChI=1S/C15H21BrN2O3/c1-11-8-14(12(16)9-13(11)18(19)20)21-10-15(17)6-4-2-3-5-7-15/h8-9H,2-7,10,17H2,1H3. The summed E-state index contributed by atoms with van der Waals surface area (Å²) < 4.78 is 6.45. The fourth-order valence-electron chi connectivity index (χ4n) is 2.75. The highest BCUT2D eigenvalue weighted by Gasteiger charge is 2.27. The third kappa shape index (κ3) is 4.17. The molecule has 1 saturated carbocycles. The van der Waals surface area contributed by atoms with Crippen molar-refractivity contribution in [3.05, 3.63) is 32.3 Å². The van der Waals surface area contributed by atoms with Crippen molar-refractivity contribution in [1.29, 1.82) is 0 Å². The number of nitro groups is 1. The zero-order chi connectivity index (χ0) is 15.5. The van der Waals surface area contributed by atoms with Gasteiger partial charge < -0.3 is 10.5 Å². The molecule has 1 aliphatic carbocycles. The van der Waals surface area contributed by atoms with Gasteiger partial charge in [-0.3, -0.25) is 10.1 Å². The number of aryl methyl sites for hydroxylation is 1. The third-order valence-electron chi connectivity index (χ3n) is 4.06. The number of benzene rings is 1. The summed E-state index contributed by atoms with van der Waals surface area (Å²) in [6, 6.07) is 3.18. The number of nitrogens with zero attached hydrogens (tertiary/aromatic N) is 1. The van der Waals surface area contributed by atoms with Crippen molar-refractivity contribution in [2.75, 3.05) is 6.61 Å². The van der Waals surface area contributed by atoms with Crippen molar-refractivity contribution in [3.8, 4) is 5.75 Å². The first kappa shape index (κ1) is 16.2. The number of nitro benzene ring substituents is 1. The van der Waals surface area contributed by atoms with Crippen molar-refractivity contribution >= 4 is 21.6 Å². The van der Waals surface area contributed by atoms with Gasteiger partial charge in [0.25, 0.3) is 5.69 Å². The summed E-state index contributed by atoms with van der Waals surface area (Å²) in [7, 11) is 0. The quantitative estimate of drug-likeness (QED) is 0.500. The molecule has 2 rings (SSSR count). The van der Waals surface area contributed by atoms with Gasteiger partial charge in [0.05, 0.1) is 14.9 Å². The number of nitrogens with two attached hydrogens (primary N) is 1. The number of hydrogen-bond donors (Lipinski definition) is 1. The minimum atomic E-state index is -0.389. The summed E-state index contributed by atoms with van der Waals surface area (Å²) in [6.45, 7) is 2.16. The molecule has 21 heavy (non-hydrogen) atoms. The first-order chi connectivity index (χ1) is 9.91. The van der Waals surface area contributed by atoms with Crippen molar-refractivity contribution in [3.63, 3.8) is 0 Å². The molecule has 0 spiro atoms. The predicted molar refractivity (Wildman–Crippen MR) is 85.6 cm³/mol. The highest BCUT2D eigenvalue weighted by Crippen LogP contribution is 2.33. The van der Waals surface area contributed by atoms with E-state index in [9.17, 15) is 10.1 Å². The summed E-state index contributed by atoms with van der Waals surface area (Å²) in [5.41, 5.74) is 6.82. The van der Waals surface area contributed by atoms with Crippen LogP contribution in [0.4, 0.5) is 5.69 Å². The Morgan fingerprint density at radius 3 is 2.52 bits per heavy atom. The van der Waals surface area contributed by atoms with E-state index in [-0.39, 0.29) is 16.1 Å². The summed E-state index contributed by atoms with van der Waals surface area (Å²) in [6.07, 6.45) is 6.69. The average molecular weight is 357 g/mol. The van der Waals surface area contributed by atoms with Crippen LogP contribution in [-0.4, -0.2) is 17.1 Å². The molecule has 116 valence electrons. The lowest BCUT2D eigenvalue weighted by Crippen LogP contribution is -2.45. The zero-order valence-electron chi connectivity index (χ0n) is 12.2. The molecule has 0 atom stereocenters. The second-order valence-electron chi connectivity index (χ2n) is 5.89. The zero-order valence-corrected chi connectivity index (χ0v) is 13.8. The second kappa shape index (κ2) is 6.75. The van der Waals surface area contributed by atoms with Gasteiger partial charge in [0.2, 0.25) is 0 Å². The normalized spacial score (nSPS) is 18.0. The Kier molecular flexibility index (Phi) is 5.22. The van der Waals surface area contributed by atoms with Crippen molar-refractivity contribution in [2.24, 2.45) is 5.73 Å². The maximum atomic E-state index is 10.9. The molecule has 0 amide bonds. The Morgan fingerprint density at radius 1 is 1.33 bits per heavy atom. The van der Waals surface area contributed by atoms with Crippen LogP contribution in [0.1, 0.15) is 44.1 Å². The van der Waals surface area contributed by atoms with Crippen LogP contribution >= 0.6 is 15.9 Å². The van der Waals surface area contributed by atoms with E-state index >= 15 is 0 Å². The Balaban J connectivity index is 2.09. The molecular weight excluding hydrogens is 336 g/mol. The topological polar surface area (TPSA) is 78.4 Å². The van der Waals surface area contributed by atoms with E-state index in [0.29, 0.717) is 22.4 Å². The molecule has 1 fully saturated rings. The number of hydrogen-bond acceptors (Lipinski definition) is 4. The molecule has 0 heterocycles. The highest BCUT2D eigenvalue weighted by molar-refractivity contribution is 9.10. The molecule has 0 saturated heterocycles. The molecule has 0 bridgehead atoms. The lowest BCUT2D eigenvalue weighted by Gasteiger charge is -2.28. The van der Waals surface area contributed by atoms with Crippen LogP contribution in [0.5, 0.6) is 5.75 Å². The fourth-order valence-corrected chi connectivity index (χ4v) is 3.20. The minimum absolute atomic E-state index is 0.0890. The summed E-state index contributed by atoms with van der Waals surface area (Å²) in [5, 5.41) is 10.9. The van der Waals surface area contributed by atoms with Gasteiger partial charge in [-0.1, -0.05) is 25.7 Å². The molecule has 0 unspecified atom stereocenters. The smallest absolute Gasteiger partial charge is 0.273 e. The Bertz CT molecular complexity index is 526. The number of halogens is 1. The molecule has 5 nitrogen and oxygen atoms in total. The van der Waals surface area contributed by atoms with E-state index < -0.39 is 0 Å². The van der Waals surface area contributed by atoms with Crippen molar-refractivity contribution in [1.82, 2.24) is 0 Å². The monoisotopic (exact) mass is 356 g/mol. The third-order valence-corrected chi connectivity index (χ3v) is 4.68. The van der Waals surface area contributed by atoms with Gasteiger partial charge in [0.1, 0.15) is 12.4 Å². The lowest BCUT2D eigenvalue weighted by atomic mass is 9.92. The first-order valence-electron chi connectivity index (χ1n) is 7.27. The second-order valence-corrected chi connectivity index (χ2v) is 6.75. The highest BCUT2D eigenvalue weighted by atomic mass is 79.9. The van der Waals surface area contributed by atoms with Crippen molar-refractivity contribution < 1.29 is 9.66 Å². The van der Waals surface area contributed by atoms with Crippen LogP contribution in [0.25, 0.3) is 0 Å². The van der Waals surface area contributed by atoms with E-state index in [0.717, 1.165) is 25.7 Å². The van der Waals surface area contributed by atoms with E-state index in [2.05, 4.69) is 15.9 Å². The molecule has 1 aromatic carbocycles. The number of ether oxygens (including phenoxy) is 1. The van der Waals surface area contributed by atoms with Gasteiger partial charge >= 0.3 is 0 Å². The Labute approximate surface area is 133 Å². The van der Waals surface area contributed by atoms with Crippen molar-refractivity contribution in [2.45, 2.75) is 51.0 Å². The molecule has 0 radical (unpaired) electrons. The van der Waals surface area contributed by atoms with Crippen LogP contribution in [0, 0.1) is 17.0 Å². The fraction of sp³-hybridized carbons (Fsp3) is 0.600. The van der Waals surface area contributed by atoms with Crippen LogP contribution in [-0.2, 0) is 0 Å². The van der Waals surface area contributed by atoms with Gasteiger partial charge in [-0.25, -0.2) is 0 Å². The number of rotatable bonds is 4. The molecule has 1 aliphatic rings. The van der Waals surface area contributed by atoms with E-state index in [1.807, 2.05) is 0 Å². The van der Waals surface area contributed by atoms with Gasteiger partial charge in [0.15, 0.2) is 0 Å². The first-order valence-corrected chi connectivity index (χ1v) is 8.07. The molecule has 0 aliphatic heterocycles. The van der Waals surface area contributed by atoms with E-state index in [1.54, 1.807) is 13.0 Å². The average Bonchev–Trinajstić information content (AvgIpc) is 2.64. The van der Waals surface area contributed by atoms with Gasteiger partial charge in [-0.05, 0) is 41.8 Å². The van der Waals surface area contributed by atoms with Crippen LogP contribution in [0.15, 0.2) is 16.6 Å².